The smallest absolute Gasteiger partial charge is 0.417 e. The molecule has 1 saturated heterocycles. The summed E-state index contributed by atoms with van der Waals surface area (Å²) >= 11 is 0. The zero-order valence-electron chi connectivity index (χ0n) is 14.3. The number of halogens is 3. The molecule has 0 radical (unpaired) electrons. The van der Waals surface area contributed by atoms with Crippen molar-refractivity contribution in [3.63, 3.8) is 0 Å². The second-order valence-corrected chi connectivity index (χ2v) is 7.82. The summed E-state index contributed by atoms with van der Waals surface area (Å²) in [4.78, 5) is 5.07. The van der Waals surface area contributed by atoms with Gasteiger partial charge in [0.2, 0.25) is 15.9 Å². The van der Waals surface area contributed by atoms with Gasteiger partial charge in [0.1, 0.15) is 5.75 Å². The topological polar surface area (TPSA) is 95.3 Å². The molecule has 1 aromatic heterocycles. The maximum atomic E-state index is 12.5. The first-order chi connectivity index (χ1) is 13.2. The number of sulfonamides is 1. The van der Waals surface area contributed by atoms with Crippen LogP contribution in [0.1, 0.15) is 12.0 Å². The predicted octanol–water partition coefficient (Wildman–Crippen LogP) is 2.73. The van der Waals surface area contributed by atoms with Crippen LogP contribution in [0.15, 0.2) is 47.5 Å². The van der Waals surface area contributed by atoms with E-state index in [1.165, 1.54) is 29.2 Å². The SMILES string of the molecule is N#CN1CCC(NS(=O)(=O)c2ccc(Oc3ccc(C(F)(F)F)cn3)cc2)C1. The molecule has 1 aliphatic heterocycles. The highest BCUT2D eigenvalue weighted by atomic mass is 32.2. The van der Waals surface area contributed by atoms with E-state index in [4.69, 9.17) is 10.00 Å². The molecule has 3 rings (SSSR count). The largest absolute Gasteiger partial charge is 0.439 e. The molecule has 28 heavy (non-hydrogen) atoms. The highest BCUT2D eigenvalue weighted by Crippen LogP contribution is 2.30. The van der Waals surface area contributed by atoms with E-state index < -0.39 is 21.8 Å². The first-order valence-corrected chi connectivity index (χ1v) is 9.64. The van der Waals surface area contributed by atoms with Gasteiger partial charge >= 0.3 is 6.18 Å². The molecule has 148 valence electrons. The molecule has 1 aromatic carbocycles. The Hall–Kier alpha value is -2.84. The molecule has 11 heteroatoms. The van der Waals surface area contributed by atoms with Crippen LogP contribution in [0.4, 0.5) is 13.2 Å². The number of nitriles is 1. The Morgan fingerprint density at radius 1 is 1.21 bits per heavy atom. The third kappa shape index (κ3) is 4.71. The van der Waals surface area contributed by atoms with Crippen LogP contribution < -0.4 is 9.46 Å². The van der Waals surface area contributed by atoms with Gasteiger partial charge in [-0.15, -0.1) is 0 Å². The van der Waals surface area contributed by atoms with E-state index in [0.717, 1.165) is 12.1 Å². The molecule has 2 heterocycles. The molecular formula is C17H15F3N4O3S. The number of pyridine rings is 1. The second kappa shape index (κ2) is 7.65. The fourth-order valence-electron chi connectivity index (χ4n) is 2.65. The first kappa shape index (κ1) is 19.9. The zero-order valence-corrected chi connectivity index (χ0v) is 15.2. The molecule has 0 aliphatic carbocycles. The lowest BCUT2D eigenvalue weighted by Gasteiger charge is -2.13. The minimum atomic E-state index is -4.49. The number of hydrogen-bond acceptors (Lipinski definition) is 6. The molecule has 0 saturated carbocycles. The number of likely N-dealkylation sites (tertiary alicyclic amines) is 1. The van der Waals surface area contributed by atoms with Crippen LogP contribution in [-0.4, -0.2) is 37.4 Å². The summed E-state index contributed by atoms with van der Waals surface area (Å²) in [6.45, 7) is 0.813. The van der Waals surface area contributed by atoms with Crippen LogP contribution >= 0.6 is 0 Å². The van der Waals surface area contributed by atoms with E-state index in [2.05, 4.69) is 9.71 Å². The summed E-state index contributed by atoms with van der Waals surface area (Å²) in [7, 11) is -3.77. The molecule has 1 aliphatic rings. The Bertz CT molecular complexity index is 971. The van der Waals surface area contributed by atoms with Crippen molar-refractivity contribution in [2.75, 3.05) is 13.1 Å². The van der Waals surface area contributed by atoms with E-state index in [-0.39, 0.29) is 22.6 Å². The summed E-state index contributed by atoms with van der Waals surface area (Å²) in [6, 6.07) is 6.97. The number of nitrogens with one attached hydrogen (secondary N) is 1. The average molecular weight is 412 g/mol. The van der Waals surface area contributed by atoms with Crippen molar-refractivity contribution in [3.05, 3.63) is 48.2 Å². The van der Waals surface area contributed by atoms with Crippen molar-refractivity contribution in [2.45, 2.75) is 23.5 Å². The van der Waals surface area contributed by atoms with E-state index in [0.29, 0.717) is 25.7 Å². The number of alkyl halides is 3. The predicted molar refractivity (Wildman–Crippen MR) is 91.7 cm³/mol. The minimum Gasteiger partial charge on any atom is -0.439 e. The fraction of sp³-hybridized carbons (Fsp3) is 0.294. The first-order valence-electron chi connectivity index (χ1n) is 8.15. The van der Waals surface area contributed by atoms with Crippen molar-refractivity contribution in [1.82, 2.24) is 14.6 Å². The Morgan fingerprint density at radius 3 is 2.46 bits per heavy atom. The second-order valence-electron chi connectivity index (χ2n) is 6.11. The number of benzene rings is 1. The normalized spacial score (nSPS) is 17.4. The van der Waals surface area contributed by atoms with Crippen LogP contribution in [0.3, 0.4) is 0 Å². The number of rotatable bonds is 5. The lowest BCUT2D eigenvalue weighted by Crippen LogP contribution is -2.36. The van der Waals surface area contributed by atoms with Crippen LogP contribution in [-0.2, 0) is 16.2 Å². The van der Waals surface area contributed by atoms with E-state index in [9.17, 15) is 21.6 Å². The van der Waals surface area contributed by atoms with Gasteiger partial charge in [0.05, 0.1) is 10.5 Å². The number of hydrogen-bond donors (Lipinski definition) is 1. The van der Waals surface area contributed by atoms with Crippen molar-refractivity contribution in [3.8, 4) is 17.8 Å². The molecule has 1 fully saturated rings. The van der Waals surface area contributed by atoms with Crippen LogP contribution in [0.25, 0.3) is 0 Å². The van der Waals surface area contributed by atoms with E-state index in [1.807, 2.05) is 6.19 Å². The maximum Gasteiger partial charge on any atom is 0.417 e. The highest BCUT2D eigenvalue weighted by Gasteiger charge is 2.31. The molecule has 1 unspecified atom stereocenters. The molecule has 7 nitrogen and oxygen atoms in total. The van der Waals surface area contributed by atoms with Crippen molar-refractivity contribution >= 4 is 10.0 Å². The lowest BCUT2D eigenvalue weighted by atomic mass is 10.3. The van der Waals surface area contributed by atoms with Gasteiger partial charge in [-0.1, -0.05) is 0 Å². The summed E-state index contributed by atoms with van der Waals surface area (Å²) in [5.41, 5.74) is -0.894. The Morgan fingerprint density at radius 2 is 1.93 bits per heavy atom. The van der Waals surface area contributed by atoms with Gasteiger partial charge < -0.3 is 9.64 Å². The van der Waals surface area contributed by atoms with Crippen molar-refractivity contribution in [2.24, 2.45) is 0 Å². The van der Waals surface area contributed by atoms with Gasteiger partial charge in [-0.2, -0.15) is 18.4 Å². The molecule has 1 atom stereocenters. The summed E-state index contributed by atoms with van der Waals surface area (Å²) < 4.78 is 70.3. The van der Waals surface area contributed by atoms with Gasteiger partial charge in [0.25, 0.3) is 0 Å². The number of aromatic nitrogens is 1. The quantitative estimate of drug-likeness (QED) is 0.759. The standard InChI is InChI=1S/C17H15F3N4O3S/c18-17(19,20)12-1-6-16(22-9-12)27-14-2-4-15(5-3-14)28(25,26)23-13-7-8-24(10-13)11-21/h1-6,9,13,23H,7-8,10H2. The summed E-state index contributed by atoms with van der Waals surface area (Å²) in [5.74, 6) is 0.173. The third-order valence-electron chi connectivity index (χ3n) is 4.07. The monoisotopic (exact) mass is 412 g/mol. The average Bonchev–Trinajstić information content (AvgIpc) is 3.09. The third-order valence-corrected chi connectivity index (χ3v) is 5.61. The van der Waals surface area contributed by atoms with Crippen LogP contribution in [0.2, 0.25) is 0 Å². The van der Waals surface area contributed by atoms with Gasteiger partial charge in [-0.05, 0) is 36.8 Å². The van der Waals surface area contributed by atoms with E-state index in [1.54, 1.807) is 0 Å². The van der Waals surface area contributed by atoms with Crippen molar-refractivity contribution in [1.29, 1.82) is 5.26 Å². The van der Waals surface area contributed by atoms with Crippen LogP contribution in [0, 0.1) is 11.5 Å². The van der Waals surface area contributed by atoms with Gasteiger partial charge in [-0.3, -0.25) is 0 Å². The summed E-state index contributed by atoms with van der Waals surface area (Å²) in [6.07, 6.45) is -1.32. The highest BCUT2D eigenvalue weighted by molar-refractivity contribution is 7.89. The van der Waals surface area contributed by atoms with Gasteiger partial charge in [-0.25, -0.2) is 18.1 Å². The molecule has 0 spiro atoms. The van der Waals surface area contributed by atoms with Gasteiger partial charge in [0.15, 0.2) is 6.19 Å². The number of nitrogens with zero attached hydrogens (tertiary/aromatic N) is 3. The maximum absolute atomic E-state index is 12.5. The fourth-order valence-corrected chi connectivity index (χ4v) is 3.91. The molecular weight excluding hydrogens is 397 g/mol. The zero-order chi connectivity index (χ0) is 20.4. The van der Waals surface area contributed by atoms with Crippen molar-refractivity contribution < 1.29 is 26.3 Å². The van der Waals surface area contributed by atoms with E-state index >= 15 is 0 Å². The molecule has 0 bridgehead atoms. The summed E-state index contributed by atoms with van der Waals surface area (Å²) in [5, 5.41) is 8.83. The van der Waals surface area contributed by atoms with Gasteiger partial charge in [0, 0.05) is 31.4 Å². The van der Waals surface area contributed by atoms with Crippen LogP contribution in [0.5, 0.6) is 11.6 Å². The lowest BCUT2D eigenvalue weighted by molar-refractivity contribution is -0.137. The Balaban J connectivity index is 1.65. The Kier molecular flexibility index (Phi) is 5.44. The number of ether oxygens (including phenoxy) is 1. The molecule has 1 N–H and O–H groups in total. The minimum absolute atomic E-state index is 0.00985. The molecule has 0 amide bonds. The Labute approximate surface area is 159 Å². The molecule has 2 aromatic rings.